The Morgan fingerprint density at radius 2 is 1.56 bits per heavy atom. The average Bonchev–Trinajstić information content (AvgIpc) is 2.32. The zero-order valence-corrected chi connectivity index (χ0v) is 12.4. The van der Waals surface area contributed by atoms with Gasteiger partial charge in [-0.1, -0.05) is 51.9 Å². The van der Waals surface area contributed by atoms with Crippen LogP contribution in [0.2, 0.25) is 0 Å². The average molecular weight is 245 g/mol. The molecule has 0 rings (SSSR count). The monoisotopic (exact) mass is 245 g/mol. The lowest BCUT2D eigenvalue weighted by atomic mass is 10.0. The van der Waals surface area contributed by atoms with E-state index in [0.717, 1.165) is 6.04 Å². The Hall–Kier alpha value is 0.310. The molecule has 1 N–H and O–H groups in total. The van der Waals surface area contributed by atoms with Crippen LogP contribution in [0.25, 0.3) is 0 Å². The minimum Gasteiger partial charge on any atom is -0.317 e. The summed E-state index contributed by atoms with van der Waals surface area (Å²) in [5.41, 5.74) is 0. The predicted molar refractivity (Wildman–Crippen MR) is 78.5 cm³/mol. The van der Waals surface area contributed by atoms with Crippen molar-refractivity contribution in [2.75, 3.05) is 19.1 Å². The lowest BCUT2D eigenvalue weighted by molar-refractivity contribution is 0.473. The maximum absolute atomic E-state index is 3.43. The molecular formula is C14H31NS. The van der Waals surface area contributed by atoms with Crippen molar-refractivity contribution < 1.29 is 0 Å². The van der Waals surface area contributed by atoms with Crippen molar-refractivity contribution in [1.82, 2.24) is 5.32 Å². The molecule has 1 nitrogen and oxygen atoms in total. The molecule has 0 aliphatic carbocycles. The minimum absolute atomic E-state index is 0.753. The highest BCUT2D eigenvalue weighted by Crippen LogP contribution is 2.12. The molecule has 0 amide bonds. The molecule has 0 aromatic rings. The normalized spacial score (nSPS) is 12.9. The van der Waals surface area contributed by atoms with Crippen LogP contribution in [0.4, 0.5) is 0 Å². The molecule has 0 bridgehead atoms. The van der Waals surface area contributed by atoms with Gasteiger partial charge in [-0.05, 0) is 31.9 Å². The van der Waals surface area contributed by atoms with Gasteiger partial charge in [-0.2, -0.15) is 11.8 Å². The van der Waals surface area contributed by atoms with Gasteiger partial charge in [0.2, 0.25) is 0 Å². The summed E-state index contributed by atoms with van der Waals surface area (Å²) >= 11 is 1.96. The first kappa shape index (κ1) is 16.3. The van der Waals surface area contributed by atoms with Gasteiger partial charge in [-0.3, -0.25) is 0 Å². The van der Waals surface area contributed by atoms with E-state index in [0.29, 0.717) is 0 Å². The first-order chi connectivity index (χ1) is 7.85. The molecule has 0 saturated heterocycles. The van der Waals surface area contributed by atoms with Crippen molar-refractivity contribution in [2.24, 2.45) is 0 Å². The Balaban J connectivity index is 3.20. The van der Waals surface area contributed by atoms with Crippen LogP contribution >= 0.6 is 11.8 Å². The standard InChI is InChI=1S/C14H31NS/c1-4-5-6-7-8-9-10-11-14(15-2)12-13-16-3/h14-15H,4-13H2,1-3H3. The lowest BCUT2D eigenvalue weighted by Crippen LogP contribution is -2.25. The zero-order valence-electron chi connectivity index (χ0n) is 11.6. The Kier molecular flexibility index (Phi) is 13.6. The number of rotatable bonds is 12. The van der Waals surface area contributed by atoms with E-state index in [1.807, 2.05) is 11.8 Å². The van der Waals surface area contributed by atoms with Crippen LogP contribution in [-0.4, -0.2) is 25.1 Å². The number of unbranched alkanes of at least 4 members (excludes halogenated alkanes) is 6. The lowest BCUT2D eigenvalue weighted by Gasteiger charge is -2.15. The van der Waals surface area contributed by atoms with Crippen molar-refractivity contribution >= 4 is 11.8 Å². The van der Waals surface area contributed by atoms with Crippen molar-refractivity contribution in [1.29, 1.82) is 0 Å². The number of hydrogen-bond acceptors (Lipinski definition) is 2. The van der Waals surface area contributed by atoms with Crippen LogP contribution < -0.4 is 5.32 Å². The molecule has 0 spiro atoms. The van der Waals surface area contributed by atoms with E-state index in [-0.39, 0.29) is 0 Å². The third kappa shape index (κ3) is 10.8. The molecule has 0 saturated carbocycles. The fraction of sp³-hybridized carbons (Fsp3) is 1.00. The minimum atomic E-state index is 0.753. The van der Waals surface area contributed by atoms with Crippen molar-refractivity contribution in [3.8, 4) is 0 Å². The van der Waals surface area contributed by atoms with E-state index >= 15 is 0 Å². The third-order valence-electron chi connectivity index (χ3n) is 3.23. The summed E-state index contributed by atoms with van der Waals surface area (Å²) in [5.74, 6) is 1.29. The fourth-order valence-electron chi connectivity index (χ4n) is 2.04. The molecule has 0 aromatic heterocycles. The van der Waals surface area contributed by atoms with Crippen molar-refractivity contribution in [3.63, 3.8) is 0 Å². The second kappa shape index (κ2) is 13.4. The Morgan fingerprint density at radius 1 is 0.938 bits per heavy atom. The molecule has 16 heavy (non-hydrogen) atoms. The summed E-state index contributed by atoms with van der Waals surface area (Å²) in [6, 6.07) is 0.753. The van der Waals surface area contributed by atoms with Crippen LogP contribution in [0.15, 0.2) is 0 Å². The van der Waals surface area contributed by atoms with E-state index in [4.69, 9.17) is 0 Å². The van der Waals surface area contributed by atoms with Gasteiger partial charge >= 0.3 is 0 Å². The zero-order chi connectivity index (χ0) is 12.1. The largest absolute Gasteiger partial charge is 0.317 e. The van der Waals surface area contributed by atoms with Gasteiger partial charge in [0.25, 0.3) is 0 Å². The SMILES string of the molecule is CCCCCCCCCC(CCSC)NC. The third-order valence-corrected chi connectivity index (χ3v) is 3.88. The van der Waals surface area contributed by atoms with E-state index < -0.39 is 0 Å². The van der Waals surface area contributed by atoms with Crippen LogP contribution in [0.3, 0.4) is 0 Å². The molecule has 0 aromatic carbocycles. The molecule has 1 atom stereocenters. The first-order valence-corrected chi connectivity index (χ1v) is 8.40. The van der Waals surface area contributed by atoms with Crippen LogP contribution in [0.1, 0.15) is 64.7 Å². The molecule has 0 radical (unpaired) electrons. The molecule has 0 aliphatic rings. The van der Waals surface area contributed by atoms with E-state index in [9.17, 15) is 0 Å². The van der Waals surface area contributed by atoms with Crippen molar-refractivity contribution in [2.45, 2.75) is 70.8 Å². The summed E-state index contributed by atoms with van der Waals surface area (Å²) in [6.07, 6.45) is 14.8. The van der Waals surface area contributed by atoms with Gasteiger partial charge in [0, 0.05) is 6.04 Å². The van der Waals surface area contributed by atoms with E-state index in [2.05, 4.69) is 25.5 Å². The van der Waals surface area contributed by atoms with Crippen molar-refractivity contribution in [3.05, 3.63) is 0 Å². The van der Waals surface area contributed by atoms with E-state index in [1.165, 1.54) is 63.5 Å². The number of hydrogen-bond donors (Lipinski definition) is 1. The smallest absolute Gasteiger partial charge is 0.00719 e. The highest BCUT2D eigenvalue weighted by Gasteiger charge is 2.04. The molecule has 1 unspecified atom stereocenters. The molecule has 0 fully saturated rings. The molecule has 2 heteroatoms. The highest BCUT2D eigenvalue weighted by atomic mass is 32.2. The first-order valence-electron chi connectivity index (χ1n) is 7.01. The van der Waals surface area contributed by atoms with Gasteiger partial charge < -0.3 is 5.32 Å². The van der Waals surface area contributed by atoms with Gasteiger partial charge in [0.1, 0.15) is 0 Å². The maximum atomic E-state index is 3.43. The Morgan fingerprint density at radius 3 is 2.12 bits per heavy atom. The number of thioether (sulfide) groups is 1. The van der Waals surface area contributed by atoms with Gasteiger partial charge in [-0.25, -0.2) is 0 Å². The van der Waals surface area contributed by atoms with Gasteiger partial charge in [0.15, 0.2) is 0 Å². The topological polar surface area (TPSA) is 12.0 Å². The maximum Gasteiger partial charge on any atom is 0.00719 e. The summed E-state index contributed by atoms with van der Waals surface area (Å²) in [5, 5.41) is 3.43. The molecular weight excluding hydrogens is 214 g/mol. The molecule has 98 valence electrons. The quantitative estimate of drug-likeness (QED) is 0.509. The summed E-state index contributed by atoms with van der Waals surface area (Å²) < 4.78 is 0. The second-order valence-corrected chi connectivity index (χ2v) is 5.66. The van der Waals surface area contributed by atoms with Crippen LogP contribution in [0.5, 0.6) is 0 Å². The van der Waals surface area contributed by atoms with Gasteiger partial charge in [-0.15, -0.1) is 0 Å². The molecule has 0 aliphatic heterocycles. The van der Waals surface area contributed by atoms with E-state index in [1.54, 1.807) is 0 Å². The summed E-state index contributed by atoms with van der Waals surface area (Å²) in [4.78, 5) is 0. The van der Waals surface area contributed by atoms with Crippen LogP contribution in [0, 0.1) is 0 Å². The molecule has 0 heterocycles. The summed E-state index contributed by atoms with van der Waals surface area (Å²) in [7, 11) is 2.10. The second-order valence-electron chi connectivity index (χ2n) is 4.68. The van der Waals surface area contributed by atoms with Crippen LogP contribution in [-0.2, 0) is 0 Å². The fourth-order valence-corrected chi connectivity index (χ4v) is 2.56. The Labute approximate surface area is 107 Å². The highest BCUT2D eigenvalue weighted by molar-refractivity contribution is 7.98. The number of nitrogens with one attached hydrogen (secondary N) is 1. The van der Waals surface area contributed by atoms with Gasteiger partial charge in [0.05, 0.1) is 0 Å². The summed E-state index contributed by atoms with van der Waals surface area (Å²) in [6.45, 7) is 2.28. The Bertz CT molecular complexity index is 128. The predicted octanol–water partition coefficient (Wildman–Crippen LogP) is 4.47.